The maximum Gasteiger partial charge on any atom is 0.422 e. The van der Waals surface area contributed by atoms with Crippen molar-refractivity contribution in [2.24, 2.45) is 0 Å². The van der Waals surface area contributed by atoms with Crippen molar-refractivity contribution in [1.82, 2.24) is 13.9 Å². The molecule has 0 saturated heterocycles. The molecule has 2 aliphatic rings. The Hall–Kier alpha value is -3.44. The zero-order valence-electron chi connectivity index (χ0n) is 22.4. The van der Waals surface area contributed by atoms with Crippen molar-refractivity contribution in [1.29, 1.82) is 0 Å². The Morgan fingerprint density at radius 1 is 1.00 bits per heavy atom. The van der Waals surface area contributed by atoms with E-state index in [-0.39, 0.29) is 24.9 Å². The lowest BCUT2D eigenvalue weighted by atomic mass is 10.0. The fraction of sp³-hybridized carbons (Fsp3) is 0.407. The highest BCUT2D eigenvalue weighted by Crippen LogP contribution is 2.27. The Morgan fingerprint density at radius 3 is 2.26 bits per heavy atom. The highest BCUT2D eigenvalue weighted by Gasteiger charge is 2.29. The fourth-order valence-corrected chi connectivity index (χ4v) is 5.06. The van der Waals surface area contributed by atoms with Gasteiger partial charge in [0, 0.05) is 31.9 Å². The van der Waals surface area contributed by atoms with Gasteiger partial charge in [0.15, 0.2) is 0 Å². The van der Waals surface area contributed by atoms with Gasteiger partial charge in [-0.2, -0.15) is 12.7 Å². The minimum atomic E-state index is -4.02. The molecule has 0 spiro atoms. The van der Waals surface area contributed by atoms with Gasteiger partial charge < -0.3 is 15.0 Å². The van der Waals surface area contributed by atoms with Crippen LogP contribution in [-0.4, -0.2) is 48.4 Å². The molecular weight excluding hydrogens is 511 g/mol. The number of ether oxygens (including phenoxy) is 1. The Kier molecular flexibility index (Phi) is 9.16. The minimum Gasteiger partial charge on any atom is -0.443 e. The van der Waals surface area contributed by atoms with Crippen LogP contribution >= 0.6 is 0 Å². The maximum atomic E-state index is 13.4. The van der Waals surface area contributed by atoms with Crippen LogP contribution in [0.5, 0.6) is 0 Å². The minimum absolute atomic E-state index is 0.113. The third-order valence-electron chi connectivity index (χ3n) is 5.81. The van der Waals surface area contributed by atoms with Crippen LogP contribution in [0.3, 0.4) is 0 Å². The molecule has 0 aromatic heterocycles. The molecule has 11 heteroatoms. The van der Waals surface area contributed by atoms with E-state index in [0.717, 1.165) is 22.3 Å². The van der Waals surface area contributed by atoms with Crippen molar-refractivity contribution in [3.8, 4) is 0 Å². The third kappa shape index (κ3) is 7.55. The summed E-state index contributed by atoms with van der Waals surface area (Å²) in [6.07, 6.45) is 1.25. The molecule has 2 N–H and O–H groups in total. The molecule has 0 atom stereocenters. The summed E-state index contributed by atoms with van der Waals surface area (Å²) in [7, 11) is -4.02. The predicted molar refractivity (Wildman–Crippen MR) is 145 cm³/mol. The number of nitrogens with zero attached hydrogens (tertiary/aromatic N) is 2. The van der Waals surface area contributed by atoms with Gasteiger partial charge in [-0.3, -0.25) is 0 Å². The normalized spacial score (nSPS) is 15.5. The number of benzene rings is 2. The smallest absolute Gasteiger partial charge is 0.422 e. The number of hydrogen-bond donors (Lipinski definition) is 2. The SMILES string of the molecule is CC.CC(C)(C)OC(=O)NS(=O)(=O)N1CC=C(c2ccc(NC(=O)N3Cc4ccc(F)cc4C3)cc2)CC1. The number of anilines is 1. The first-order chi connectivity index (χ1) is 17.9. The van der Waals surface area contributed by atoms with Gasteiger partial charge >= 0.3 is 22.3 Å². The molecule has 9 nitrogen and oxygen atoms in total. The third-order valence-corrected chi connectivity index (χ3v) is 7.24. The summed E-state index contributed by atoms with van der Waals surface area (Å²) in [6.45, 7) is 10.1. The van der Waals surface area contributed by atoms with Crippen LogP contribution in [0.25, 0.3) is 5.57 Å². The molecule has 0 fully saturated rings. The molecule has 4 rings (SSSR count). The molecule has 2 aromatic carbocycles. The van der Waals surface area contributed by atoms with Crippen molar-refractivity contribution < 1.29 is 27.1 Å². The second-order valence-corrected chi connectivity index (χ2v) is 11.4. The summed E-state index contributed by atoms with van der Waals surface area (Å²) < 4.78 is 46.6. The van der Waals surface area contributed by atoms with E-state index < -0.39 is 21.9 Å². The fourth-order valence-electron chi connectivity index (χ4n) is 4.08. The lowest BCUT2D eigenvalue weighted by Gasteiger charge is -2.27. The van der Waals surface area contributed by atoms with E-state index in [9.17, 15) is 22.4 Å². The van der Waals surface area contributed by atoms with E-state index in [0.29, 0.717) is 25.2 Å². The predicted octanol–water partition coefficient (Wildman–Crippen LogP) is 5.26. The summed E-state index contributed by atoms with van der Waals surface area (Å²) in [6, 6.07) is 11.6. The molecule has 2 heterocycles. The van der Waals surface area contributed by atoms with Crippen LogP contribution in [0.15, 0.2) is 48.5 Å². The van der Waals surface area contributed by atoms with Gasteiger partial charge in [-0.15, -0.1) is 0 Å². The zero-order chi connectivity index (χ0) is 28.1. The maximum absolute atomic E-state index is 13.4. The van der Waals surface area contributed by atoms with E-state index in [1.54, 1.807) is 49.9 Å². The lowest BCUT2D eigenvalue weighted by molar-refractivity contribution is 0.0567. The monoisotopic (exact) mass is 546 g/mol. The van der Waals surface area contributed by atoms with E-state index in [2.05, 4.69) is 5.32 Å². The average molecular weight is 547 g/mol. The molecule has 38 heavy (non-hydrogen) atoms. The molecule has 2 aromatic rings. The summed E-state index contributed by atoms with van der Waals surface area (Å²) in [5, 5.41) is 2.86. The van der Waals surface area contributed by atoms with E-state index >= 15 is 0 Å². The van der Waals surface area contributed by atoms with E-state index in [1.165, 1.54) is 16.4 Å². The summed E-state index contributed by atoms with van der Waals surface area (Å²) >= 11 is 0. The van der Waals surface area contributed by atoms with Crippen LogP contribution in [0, 0.1) is 5.82 Å². The molecule has 3 amide bonds. The van der Waals surface area contributed by atoms with Gasteiger partial charge in [0.1, 0.15) is 11.4 Å². The van der Waals surface area contributed by atoms with Crippen LogP contribution in [0.2, 0.25) is 0 Å². The second-order valence-electron chi connectivity index (χ2n) is 9.72. The van der Waals surface area contributed by atoms with Crippen LogP contribution < -0.4 is 10.0 Å². The zero-order valence-corrected chi connectivity index (χ0v) is 23.2. The number of hydrogen-bond acceptors (Lipinski definition) is 5. The van der Waals surface area contributed by atoms with Crippen molar-refractivity contribution in [2.45, 2.75) is 59.7 Å². The first kappa shape index (κ1) is 29.1. The van der Waals surface area contributed by atoms with Crippen molar-refractivity contribution in [3.05, 3.63) is 71.0 Å². The molecule has 0 unspecified atom stereocenters. The Balaban J connectivity index is 0.00000195. The number of amides is 3. The van der Waals surface area contributed by atoms with Crippen LogP contribution in [0.4, 0.5) is 19.7 Å². The molecular formula is C27H35FN4O5S. The number of carbonyl (C=O) groups excluding carboxylic acids is 2. The highest BCUT2D eigenvalue weighted by molar-refractivity contribution is 7.87. The first-order valence-electron chi connectivity index (χ1n) is 12.5. The Morgan fingerprint density at radius 2 is 1.66 bits per heavy atom. The molecule has 0 saturated carbocycles. The Labute approximate surface area is 223 Å². The molecule has 0 aliphatic carbocycles. The number of nitrogens with one attached hydrogen (secondary N) is 2. The number of urea groups is 1. The standard InChI is InChI=1S/C25H29FN4O5S.C2H6/c1-25(2,3)35-24(32)28-36(33,34)30-12-10-18(11-13-30)17-5-8-22(9-6-17)27-23(31)29-15-19-4-7-21(26)14-20(19)16-29;1-2/h4-10,14H,11-13,15-16H2,1-3H3,(H,27,31)(H,28,32);1-2H3. The molecule has 0 radical (unpaired) electrons. The number of carbonyl (C=O) groups is 2. The molecule has 2 aliphatic heterocycles. The van der Waals surface area contributed by atoms with Gasteiger partial charge in [0.05, 0.1) is 0 Å². The second kappa shape index (κ2) is 12.0. The average Bonchev–Trinajstić information content (AvgIpc) is 3.28. The summed E-state index contributed by atoms with van der Waals surface area (Å²) in [4.78, 5) is 26.1. The van der Waals surface area contributed by atoms with Crippen LogP contribution in [-0.2, 0) is 28.0 Å². The van der Waals surface area contributed by atoms with Gasteiger partial charge in [-0.25, -0.2) is 18.7 Å². The van der Waals surface area contributed by atoms with Crippen LogP contribution in [0.1, 0.15) is 57.7 Å². The quantitative estimate of drug-likeness (QED) is 0.544. The van der Waals surface area contributed by atoms with E-state index in [1.807, 2.05) is 30.7 Å². The molecule has 206 valence electrons. The van der Waals surface area contributed by atoms with E-state index in [4.69, 9.17) is 4.74 Å². The number of fused-ring (bicyclic) bond motifs is 1. The van der Waals surface area contributed by atoms with Gasteiger partial charge in [0.25, 0.3) is 0 Å². The highest BCUT2D eigenvalue weighted by atomic mass is 32.2. The first-order valence-corrected chi connectivity index (χ1v) is 14.0. The van der Waals surface area contributed by atoms with Gasteiger partial charge in [-0.05, 0) is 73.7 Å². The number of rotatable bonds is 4. The summed E-state index contributed by atoms with van der Waals surface area (Å²) in [5.41, 5.74) is 3.43. The molecule has 0 bridgehead atoms. The van der Waals surface area contributed by atoms with Crippen molar-refractivity contribution >= 4 is 33.6 Å². The lowest BCUT2D eigenvalue weighted by Crippen LogP contribution is -2.46. The van der Waals surface area contributed by atoms with Gasteiger partial charge in [0.2, 0.25) is 0 Å². The number of halogens is 1. The topological polar surface area (TPSA) is 108 Å². The largest absolute Gasteiger partial charge is 0.443 e. The summed E-state index contributed by atoms with van der Waals surface area (Å²) in [5.74, 6) is -0.316. The van der Waals surface area contributed by atoms with Crippen molar-refractivity contribution in [2.75, 3.05) is 18.4 Å². The van der Waals surface area contributed by atoms with Gasteiger partial charge in [-0.1, -0.05) is 38.1 Å². The Bertz CT molecular complexity index is 1300. The van der Waals surface area contributed by atoms with Crippen molar-refractivity contribution in [3.63, 3.8) is 0 Å².